The Morgan fingerprint density at radius 1 is 1.10 bits per heavy atom. The van der Waals surface area contributed by atoms with Crippen molar-refractivity contribution < 1.29 is 13.2 Å². The summed E-state index contributed by atoms with van der Waals surface area (Å²) < 4.78 is 29.3. The smallest absolute Gasteiger partial charge is 0.258 e. The third-order valence-electron chi connectivity index (χ3n) is 4.59. The lowest BCUT2D eigenvalue weighted by Crippen LogP contribution is -2.26. The summed E-state index contributed by atoms with van der Waals surface area (Å²) in [6.45, 7) is 0.461. The summed E-state index contributed by atoms with van der Waals surface area (Å²) in [7, 11) is -3.85. The fourth-order valence-electron chi connectivity index (χ4n) is 2.90. The number of nitrogens with zero attached hydrogens (tertiary/aromatic N) is 2. The van der Waals surface area contributed by atoms with Crippen LogP contribution >= 0.6 is 23.2 Å². The van der Waals surface area contributed by atoms with E-state index >= 15 is 0 Å². The number of carbonyl (C=O) groups is 1. The molecule has 4 rings (SSSR count). The number of benzene rings is 2. The van der Waals surface area contributed by atoms with Crippen molar-refractivity contribution in [1.82, 2.24) is 14.5 Å². The zero-order valence-corrected chi connectivity index (χ0v) is 18.0. The number of nitrogens with one attached hydrogen (secondary N) is 2. The van der Waals surface area contributed by atoms with Crippen LogP contribution in [0.3, 0.4) is 0 Å². The van der Waals surface area contributed by atoms with Gasteiger partial charge in [-0.05, 0) is 30.5 Å². The number of rotatable bonds is 7. The molecule has 156 valence electrons. The van der Waals surface area contributed by atoms with Crippen LogP contribution in [0.2, 0.25) is 10.0 Å². The van der Waals surface area contributed by atoms with Crippen LogP contribution in [0.4, 0.5) is 5.82 Å². The largest absolute Gasteiger partial charge is 0.307 e. The summed E-state index contributed by atoms with van der Waals surface area (Å²) in [6.07, 6.45) is 3.13. The molecule has 0 atom stereocenters. The maximum absolute atomic E-state index is 12.9. The van der Waals surface area contributed by atoms with Gasteiger partial charge in [0, 0.05) is 12.1 Å². The fraction of sp³-hybridized carbons (Fsp3) is 0.200. The summed E-state index contributed by atoms with van der Waals surface area (Å²) in [5.41, 5.74) is 1.02. The first-order valence-electron chi connectivity index (χ1n) is 9.22. The van der Waals surface area contributed by atoms with E-state index in [9.17, 15) is 13.2 Å². The lowest BCUT2D eigenvalue weighted by Gasteiger charge is -2.13. The Bertz CT molecular complexity index is 1190. The molecule has 1 heterocycles. The molecule has 0 saturated heterocycles. The minimum atomic E-state index is -3.85. The Morgan fingerprint density at radius 2 is 1.83 bits per heavy atom. The topological polar surface area (TPSA) is 93.1 Å². The lowest BCUT2D eigenvalue weighted by molar-refractivity contribution is 0.102. The molecule has 1 fully saturated rings. The SMILES string of the molecule is O=C(Nc1ccnn1Cc1ccccc1)c1cc(S(=O)(=O)NC2CC2)c(Cl)cc1Cl. The van der Waals surface area contributed by atoms with Gasteiger partial charge < -0.3 is 5.32 Å². The second kappa shape index (κ2) is 8.39. The van der Waals surface area contributed by atoms with Gasteiger partial charge in [-0.3, -0.25) is 4.79 Å². The number of carbonyl (C=O) groups excluding carboxylic acids is 1. The van der Waals surface area contributed by atoms with Gasteiger partial charge in [0.25, 0.3) is 5.91 Å². The normalized spacial score (nSPS) is 13.9. The number of hydrogen-bond acceptors (Lipinski definition) is 4. The number of halogens is 2. The van der Waals surface area contributed by atoms with E-state index in [0.29, 0.717) is 12.4 Å². The molecule has 0 radical (unpaired) electrons. The molecule has 3 aromatic rings. The van der Waals surface area contributed by atoms with Gasteiger partial charge in [0.05, 0.1) is 28.4 Å². The van der Waals surface area contributed by atoms with Crippen molar-refractivity contribution in [1.29, 1.82) is 0 Å². The van der Waals surface area contributed by atoms with Crippen LogP contribution in [0.25, 0.3) is 0 Å². The highest BCUT2D eigenvalue weighted by atomic mass is 35.5. The van der Waals surface area contributed by atoms with Crippen LogP contribution < -0.4 is 10.0 Å². The molecule has 7 nitrogen and oxygen atoms in total. The van der Waals surface area contributed by atoms with E-state index in [0.717, 1.165) is 18.4 Å². The van der Waals surface area contributed by atoms with Crippen LogP contribution in [0.15, 0.2) is 59.6 Å². The van der Waals surface area contributed by atoms with Crippen LogP contribution in [0, 0.1) is 0 Å². The molecular weight excluding hydrogens is 447 g/mol. The molecule has 1 aromatic heterocycles. The molecule has 1 saturated carbocycles. The van der Waals surface area contributed by atoms with Crippen LogP contribution in [-0.4, -0.2) is 30.1 Å². The quantitative estimate of drug-likeness (QED) is 0.553. The Labute approximate surface area is 184 Å². The fourth-order valence-corrected chi connectivity index (χ4v) is 5.06. The Hall–Kier alpha value is -2.39. The Morgan fingerprint density at radius 3 is 2.53 bits per heavy atom. The van der Waals surface area contributed by atoms with E-state index in [1.165, 1.54) is 12.1 Å². The number of aromatic nitrogens is 2. The van der Waals surface area contributed by atoms with Crippen molar-refractivity contribution >= 4 is 45.0 Å². The number of sulfonamides is 1. The number of hydrogen-bond donors (Lipinski definition) is 2. The molecule has 0 aliphatic heterocycles. The van der Waals surface area contributed by atoms with E-state index < -0.39 is 15.9 Å². The van der Waals surface area contributed by atoms with Crippen LogP contribution in [0.1, 0.15) is 28.8 Å². The summed E-state index contributed by atoms with van der Waals surface area (Å²) in [4.78, 5) is 12.7. The maximum Gasteiger partial charge on any atom is 0.258 e. The van der Waals surface area contributed by atoms with Crippen LogP contribution in [0.5, 0.6) is 0 Å². The van der Waals surface area contributed by atoms with Gasteiger partial charge in [-0.15, -0.1) is 0 Å². The minimum absolute atomic E-state index is 0.00435. The molecular formula is C20H18Cl2N4O3S. The molecule has 2 N–H and O–H groups in total. The van der Waals surface area contributed by atoms with Crippen molar-refractivity contribution in [2.75, 3.05) is 5.32 Å². The van der Waals surface area contributed by atoms with E-state index in [4.69, 9.17) is 23.2 Å². The predicted molar refractivity (Wildman–Crippen MR) is 116 cm³/mol. The van der Waals surface area contributed by atoms with Gasteiger partial charge in [0.15, 0.2) is 0 Å². The molecule has 10 heteroatoms. The zero-order chi connectivity index (χ0) is 21.3. The summed E-state index contributed by atoms with van der Waals surface area (Å²) in [5, 5.41) is 6.98. The van der Waals surface area contributed by atoms with E-state index in [1.807, 2.05) is 30.3 Å². The first-order chi connectivity index (χ1) is 14.3. The highest BCUT2D eigenvalue weighted by Gasteiger charge is 2.30. The summed E-state index contributed by atoms with van der Waals surface area (Å²) >= 11 is 12.3. The van der Waals surface area contributed by atoms with Gasteiger partial charge in [0.1, 0.15) is 10.7 Å². The standard InChI is InChI=1S/C20H18Cl2N4O3S/c21-16-11-17(22)18(30(28,29)25-14-6-7-14)10-15(16)20(27)24-19-8-9-23-26(19)12-13-4-2-1-3-5-13/h1-5,8-11,14,25H,6-7,12H2,(H,24,27). The number of amides is 1. The third-order valence-corrected chi connectivity index (χ3v) is 6.89. The average molecular weight is 465 g/mol. The molecule has 0 bridgehead atoms. The Balaban J connectivity index is 1.58. The van der Waals surface area contributed by atoms with Gasteiger partial charge in [-0.2, -0.15) is 5.10 Å². The Kier molecular flexibility index (Phi) is 5.84. The molecule has 1 aliphatic carbocycles. The number of anilines is 1. The van der Waals surface area contributed by atoms with E-state index in [1.54, 1.807) is 16.9 Å². The molecule has 30 heavy (non-hydrogen) atoms. The van der Waals surface area contributed by atoms with Crippen molar-refractivity contribution in [2.24, 2.45) is 0 Å². The molecule has 1 aliphatic rings. The minimum Gasteiger partial charge on any atom is -0.307 e. The zero-order valence-electron chi connectivity index (χ0n) is 15.7. The van der Waals surface area contributed by atoms with Crippen molar-refractivity contribution in [2.45, 2.75) is 30.3 Å². The first kappa shape index (κ1) is 20.9. The van der Waals surface area contributed by atoms with Crippen LogP contribution in [-0.2, 0) is 16.6 Å². The molecule has 0 unspecified atom stereocenters. The first-order valence-corrected chi connectivity index (χ1v) is 11.5. The lowest BCUT2D eigenvalue weighted by atomic mass is 10.2. The molecule has 1 amide bonds. The summed E-state index contributed by atoms with van der Waals surface area (Å²) in [6, 6.07) is 13.7. The summed E-state index contributed by atoms with van der Waals surface area (Å²) in [5.74, 6) is -0.107. The maximum atomic E-state index is 12.9. The molecule has 0 spiro atoms. The van der Waals surface area contributed by atoms with Gasteiger partial charge in [-0.25, -0.2) is 17.8 Å². The monoisotopic (exact) mass is 464 g/mol. The van der Waals surface area contributed by atoms with Gasteiger partial charge in [-0.1, -0.05) is 53.5 Å². The van der Waals surface area contributed by atoms with Crippen molar-refractivity contribution in [3.8, 4) is 0 Å². The average Bonchev–Trinajstić information content (AvgIpc) is 3.40. The van der Waals surface area contributed by atoms with Gasteiger partial charge >= 0.3 is 0 Å². The molecule has 2 aromatic carbocycles. The van der Waals surface area contributed by atoms with E-state index in [-0.39, 0.29) is 26.5 Å². The van der Waals surface area contributed by atoms with Gasteiger partial charge in [0.2, 0.25) is 10.0 Å². The second-order valence-corrected chi connectivity index (χ2v) is 9.47. The highest BCUT2D eigenvalue weighted by molar-refractivity contribution is 7.89. The second-order valence-electron chi connectivity index (χ2n) is 6.97. The van der Waals surface area contributed by atoms with E-state index in [2.05, 4.69) is 15.1 Å². The van der Waals surface area contributed by atoms with Crippen molar-refractivity contribution in [3.05, 3.63) is 75.9 Å². The van der Waals surface area contributed by atoms with Crippen molar-refractivity contribution in [3.63, 3.8) is 0 Å². The predicted octanol–water partition coefficient (Wildman–Crippen LogP) is 3.93. The highest BCUT2D eigenvalue weighted by Crippen LogP contribution is 2.31. The third kappa shape index (κ3) is 4.67.